The fourth-order valence-corrected chi connectivity index (χ4v) is 2.36. The molecule has 0 bridgehead atoms. The lowest BCUT2D eigenvalue weighted by Crippen LogP contribution is -2.33. The molecule has 0 aromatic rings. The van der Waals surface area contributed by atoms with Crippen LogP contribution in [-0.4, -0.2) is 24.4 Å². The molecule has 1 saturated carbocycles. The highest BCUT2D eigenvalue weighted by molar-refractivity contribution is 5.86. The second-order valence-electron chi connectivity index (χ2n) is 3.90. The van der Waals surface area contributed by atoms with Gasteiger partial charge in [0.1, 0.15) is 0 Å². The highest BCUT2D eigenvalue weighted by Crippen LogP contribution is 2.58. The second-order valence-corrected chi connectivity index (χ2v) is 3.90. The van der Waals surface area contributed by atoms with Gasteiger partial charge in [0.05, 0.1) is 7.11 Å². The Bertz CT molecular complexity index is 301. The van der Waals surface area contributed by atoms with Gasteiger partial charge in [-0.2, -0.15) is 0 Å². The standard InChI is InChI=1S/C10H13NO3/c1-11-10(8(12)13-2)9(14-10)6-4-3-5-7-9/h3-7H2,2H3. The van der Waals surface area contributed by atoms with E-state index in [-0.39, 0.29) is 0 Å². The van der Waals surface area contributed by atoms with Crippen molar-refractivity contribution in [3.63, 3.8) is 0 Å². The van der Waals surface area contributed by atoms with Gasteiger partial charge in [0.2, 0.25) is 0 Å². The number of carbonyl (C=O) groups is 1. The molecule has 2 rings (SSSR count). The zero-order chi connectivity index (χ0) is 10.2. The lowest BCUT2D eigenvalue weighted by molar-refractivity contribution is -0.145. The molecule has 4 heteroatoms. The Morgan fingerprint density at radius 3 is 2.57 bits per heavy atom. The molecular weight excluding hydrogens is 182 g/mol. The van der Waals surface area contributed by atoms with Crippen LogP contribution >= 0.6 is 0 Å². The van der Waals surface area contributed by atoms with Crippen molar-refractivity contribution in [2.75, 3.05) is 7.11 Å². The number of ether oxygens (including phenoxy) is 2. The molecule has 14 heavy (non-hydrogen) atoms. The second kappa shape index (κ2) is 2.96. The van der Waals surface area contributed by atoms with Gasteiger partial charge in [0, 0.05) is 0 Å². The minimum atomic E-state index is -1.30. The number of esters is 1. The average molecular weight is 195 g/mol. The highest BCUT2D eigenvalue weighted by atomic mass is 16.7. The Morgan fingerprint density at radius 1 is 1.43 bits per heavy atom. The maximum atomic E-state index is 11.4. The van der Waals surface area contributed by atoms with E-state index >= 15 is 0 Å². The first-order valence-corrected chi connectivity index (χ1v) is 4.88. The van der Waals surface area contributed by atoms with Gasteiger partial charge in [-0.15, -0.1) is 0 Å². The van der Waals surface area contributed by atoms with Gasteiger partial charge in [0.25, 0.3) is 0 Å². The van der Waals surface area contributed by atoms with Crippen molar-refractivity contribution < 1.29 is 14.3 Å². The van der Waals surface area contributed by atoms with Crippen LogP contribution in [0.15, 0.2) is 0 Å². The van der Waals surface area contributed by atoms with Crippen molar-refractivity contribution in [3.05, 3.63) is 11.4 Å². The van der Waals surface area contributed by atoms with Gasteiger partial charge >= 0.3 is 11.7 Å². The monoisotopic (exact) mass is 195 g/mol. The summed E-state index contributed by atoms with van der Waals surface area (Å²) in [6.45, 7) is 7.06. The van der Waals surface area contributed by atoms with Gasteiger partial charge < -0.3 is 4.74 Å². The van der Waals surface area contributed by atoms with E-state index in [2.05, 4.69) is 9.58 Å². The molecule has 1 saturated heterocycles. The van der Waals surface area contributed by atoms with Gasteiger partial charge in [-0.3, -0.25) is 9.58 Å². The largest absolute Gasteiger partial charge is 0.464 e. The molecule has 4 nitrogen and oxygen atoms in total. The van der Waals surface area contributed by atoms with Crippen LogP contribution < -0.4 is 0 Å². The van der Waals surface area contributed by atoms with Gasteiger partial charge in [0.15, 0.2) is 5.60 Å². The van der Waals surface area contributed by atoms with E-state index in [9.17, 15) is 4.79 Å². The molecule has 1 spiro atoms. The summed E-state index contributed by atoms with van der Waals surface area (Å²) in [6, 6.07) is 0. The number of epoxide rings is 1. The predicted octanol–water partition coefficient (Wildman–Crippen LogP) is 1.51. The van der Waals surface area contributed by atoms with E-state index in [0.29, 0.717) is 0 Å². The minimum Gasteiger partial charge on any atom is -0.461 e. The molecule has 0 radical (unpaired) electrons. The summed E-state index contributed by atoms with van der Waals surface area (Å²) in [7, 11) is 1.30. The zero-order valence-corrected chi connectivity index (χ0v) is 8.21. The number of methoxy groups -OCH3 is 1. The third-order valence-corrected chi connectivity index (χ3v) is 3.20. The summed E-state index contributed by atoms with van der Waals surface area (Å²) in [5.74, 6) is -0.533. The number of nitrogens with zero attached hydrogens (tertiary/aromatic N) is 1. The summed E-state index contributed by atoms with van der Waals surface area (Å²) in [5.41, 5.74) is -1.82. The summed E-state index contributed by atoms with van der Waals surface area (Å²) in [6.07, 6.45) is 4.86. The van der Waals surface area contributed by atoms with E-state index in [1.807, 2.05) is 0 Å². The maximum Gasteiger partial charge on any atom is 0.464 e. The van der Waals surface area contributed by atoms with E-state index in [0.717, 1.165) is 25.7 Å². The Balaban J connectivity index is 2.19. The summed E-state index contributed by atoms with van der Waals surface area (Å²) in [5, 5.41) is 0. The van der Waals surface area contributed by atoms with Crippen molar-refractivity contribution >= 4 is 5.97 Å². The lowest BCUT2D eigenvalue weighted by Gasteiger charge is -2.16. The van der Waals surface area contributed by atoms with E-state index in [4.69, 9.17) is 11.3 Å². The molecular formula is C10H13NO3. The van der Waals surface area contributed by atoms with Crippen molar-refractivity contribution in [1.82, 2.24) is 0 Å². The van der Waals surface area contributed by atoms with Crippen LogP contribution in [0.1, 0.15) is 32.1 Å². The van der Waals surface area contributed by atoms with Gasteiger partial charge in [-0.25, -0.2) is 11.4 Å². The number of hydrogen-bond acceptors (Lipinski definition) is 3. The zero-order valence-electron chi connectivity index (χ0n) is 8.21. The van der Waals surface area contributed by atoms with Crippen LogP contribution in [0, 0.1) is 6.57 Å². The van der Waals surface area contributed by atoms with E-state index in [1.165, 1.54) is 13.5 Å². The molecule has 2 aliphatic rings. The lowest BCUT2D eigenvalue weighted by atomic mass is 9.84. The third kappa shape index (κ3) is 0.992. The maximum absolute atomic E-state index is 11.4. The van der Waals surface area contributed by atoms with Crippen LogP contribution in [0.4, 0.5) is 0 Å². The Kier molecular flexibility index (Phi) is 2.00. The van der Waals surface area contributed by atoms with E-state index < -0.39 is 17.3 Å². The summed E-state index contributed by atoms with van der Waals surface area (Å²) < 4.78 is 10.0. The molecule has 1 atom stereocenters. The Hall–Kier alpha value is -1.08. The van der Waals surface area contributed by atoms with Crippen molar-refractivity contribution in [2.45, 2.75) is 43.4 Å². The molecule has 76 valence electrons. The minimum absolute atomic E-state index is 0.514. The molecule has 0 amide bonds. The van der Waals surface area contributed by atoms with Crippen LogP contribution in [0.5, 0.6) is 0 Å². The van der Waals surface area contributed by atoms with E-state index in [1.54, 1.807) is 0 Å². The first-order valence-electron chi connectivity index (χ1n) is 4.88. The first-order chi connectivity index (χ1) is 6.71. The fourth-order valence-electron chi connectivity index (χ4n) is 2.36. The van der Waals surface area contributed by atoms with Gasteiger partial charge in [-0.1, -0.05) is 19.3 Å². The first kappa shape index (κ1) is 9.47. The number of carbonyl (C=O) groups excluding carboxylic acids is 1. The predicted molar refractivity (Wildman–Crippen MR) is 48.3 cm³/mol. The molecule has 1 aliphatic heterocycles. The quantitative estimate of drug-likeness (QED) is 0.362. The van der Waals surface area contributed by atoms with Crippen molar-refractivity contribution in [3.8, 4) is 0 Å². The van der Waals surface area contributed by atoms with Crippen LogP contribution in [0.2, 0.25) is 0 Å². The van der Waals surface area contributed by atoms with Gasteiger partial charge in [-0.05, 0) is 12.8 Å². The molecule has 1 aliphatic carbocycles. The molecule has 0 N–H and O–H groups in total. The molecule has 0 aromatic carbocycles. The SMILES string of the molecule is [C-]#[N+]C1(C(=O)OC)OC12CCCCC2. The summed E-state index contributed by atoms with van der Waals surface area (Å²) in [4.78, 5) is 14.8. The van der Waals surface area contributed by atoms with Crippen LogP contribution in [0.3, 0.4) is 0 Å². The third-order valence-electron chi connectivity index (χ3n) is 3.20. The fraction of sp³-hybridized carbons (Fsp3) is 0.800. The smallest absolute Gasteiger partial charge is 0.461 e. The Labute approximate surface area is 83.0 Å². The highest BCUT2D eigenvalue weighted by Gasteiger charge is 2.84. The molecule has 0 aromatic heterocycles. The Morgan fingerprint density at radius 2 is 2.07 bits per heavy atom. The van der Waals surface area contributed by atoms with Crippen molar-refractivity contribution in [1.29, 1.82) is 0 Å². The number of rotatable bonds is 1. The summed E-state index contributed by atoms with van der Waals surface area (Å²) >= 11 is 0. The average Bonchev–Trinajstić information content (AvgIpc) is 2.87. The van der Waals surface area contributed by atoms with Crippen molar-refractivity contribution in [2.24, 2.45) is 0 Å². The molecule has 2 fully saturated rings. The number of hydrogen-bond donors (Lipinski definition) is 0. The normalized spacial score (nSPS) is 33.4. The molecule has 1 heterocycles. The van der Waals surface area contributed by atoms with Crippen LogP contribution in [0.25, 0.3) is 4.85 Å². The van der Waals surface area contributed by atoms with Crippen LogP contribution in [-0.2, 0) is 14.3 Å². The topological polar surface area (TPSA) is 43.2 Å². The molecule has 1 unspecified atom stereocenters.